The highest BCUT2D eigenvalue weighted by atomic mass is 35.5. The van der Waals surface area contributed by atoms with Gasteiger partial charge in [0.2, 0.25) is 5.91 Å². The molecular formula is C24H25ClF3N5O2S. The number of aromatic nitrogens is 3. The van der Waals surface area contributed by atoms with Crippen LogP contribution in [-0.2, 0) is 17.5 Å². The molecule has 0 spiro atoms. The second kappa shape index (κ2) is 11.8. The summed E-state index contributed by atoms with van der Waals surface area (Å²) in [6, 6.07) is 10.7. The van der Waals surface area contributed by atoms with Gasteiger partial charge in [0.15, 0.2) is 11.0 Å². The first-order chi connectivity index (χ1) is 17.0. The Labute approximate surface area is 215 Å². The van der Waals surface area contributed by atoms with Crippen molar-refractivity contribution in [2.45, 2.75) is 44.7 Å². The number of benzene rings is 2. The van der Waals surface area contributed by atoms with Crippen molar-refractivity contribution in [3.63, 3.8) is 0 Å². The predicted octanol–water partition coefficient (Wildman–Crippen LogP) is 5.83. The molecule has 1 atom stereocenters. The van der Waals surface area contributed by atoms with Gasteiger partial charge in [-0.05, 0) is 43.2 Å². The lowest BCUT2D eigenvalue weighted by molar-refractivity contribution is -0.137. The highest BCUT2D eigenvalue weighted by Crippen LogP contribution is 2.31. The summed E-state index contributed by atoms with van der Waals surface area (Å²) in [5.74, 6) is -0.438. The Hall–Kier alpha value is -3.05. The molecule has 0 aliphatic heterocycles. The third-order valence-corrected chi connectivity index (χ3v) is 6.51. The van der Waals surface area contributed by atoms with Crippen LogP contribution in [0.5, 0.6) is 0 Å². The van der Waals surface area contributed by atoms with Crippen LogP contribution >= 0.6 is 23.4 Å². The summed E-state index contributed by atoms with van der Waals surface area (Å²) in [6.07, 6.45) is -4.50. The molecule has 0 saturated carbocycles. The molecule has 192 valence electrons. The van der Waals surface area contributed by atoms with E-state index < -0.39 is 23.7 Å². The fourth-order valence-electron chi connectivity index (χ4n) is 3.43. The van der Waals surface area contributed by atoms with Crippen LogP contribution in [0.25, 0.3) is 0 Å². The van der Waals surface area contributed by atoms with Gasteiger partial charge in [0.25, 0.3) is 5.91 Å². The van der Waals surface area contributed by atoms with Crippen LogP contribution in [0, 0.1) is 5.92 Å². The zero-order valence-electron chi connectivity index (χ0n) is 19.8. The van der Waals surface area contributed by atoms with E-state index in [1.807, 2.05) is 20.8 Å². The van der Waals surface area contributed by atoms with Gasteiger partial charge in [-0.1, -0.05) is 55.4 Å². The number of thioether (sulfide) groups is 1. The maximum atomic E-state index is 12.9. The summed E-state index contributed by atoms with van der Waals surface area (Å²) < 4.78 is 40.5. The molecule has 3 aromatic rings. The van der Waals surface area contributed by atoms with Gasteiger partial charge in [-0.2, -0.15) is 13.2 Å². The van der Waals surface area contributed by atoms with E-state index in [9.17, 15) is 22.8 Å². The number of amides is 2. The number of alkyl halides is 3. The zero-order chi connectivity index (χ0) is 26.5. The minimum absolute atomic E-state index is 0.0343. The van der Waals surface area contributed by atoms with Gasteiger partial charge < -0.3 is 15.2 Å². The van der Waals surface area contributed by atoms with E-state index in [0.29, 0.717) is 28.1 Å². The van der Waals surface area contributed by atoms with Crippen molar-refractivity contribution in [3.05, 3.63) is 70.5 Å². The Bertz CT molecular complexity index is 1230. The van der Waals surface area contributed by atoms with Crippen molar-refractivity contribution in [2.75, 3.05) is 11.1 Å². The van der Waals surface area contributed by atoms with Gasteiger partial charge in [-0.3, -0.25) is 9.59 Å². The molecule has 0 radical (unpaired) electrons. The van der Waals surface area contributed by atoms with Gasteiger partial charge in [0.1, 0.15) is 0 Å². The van der Waals surface area contributed by atoms with E-state index >= 15 is 0 Å². The Morgan fingerprint density at radius 3 is 2.47 bits per heavy atom. The van der Waals surface area contributed by atoms with Gasteiger partial charge in [0.05, 0.1) is 27.9 Å². The zero-order valence-corrected chi connectivity index (χ0v) is 21.3. The van der Waals surface area contributed by atoms with E-state index in [1.54, 1.807) is 28.8 Å². The molecule has 12 heteroatoms. The number of hydrogen-bond donors (Lipinski definition) is 2. The molecule has 0 fully saturated rings. The van der Waals surface area contributed by atoms with Gasteiger partial charge in [-0.25, -0.2) is 0 Å². The third kappa shape index (κ3) is 6.79. The summed E-state index contributed by atoms with van der Waals surface area (Å²) in [7, 11) is 0. The smallest absolute Gasteiger partial charge is 0.342 e. The van der Waals surface area contributed by atoms with Crippen molar-refractivity contribution in [3.8, 4) is 0 Å². The fraction of sp³-hybridized carbons (Fsp3) is 0.333. The topological polar surface area (TPSA) is 88.9 Å². The van der Waals surface area contributed by atoms with E-state index in [1.165, 1.54) is 12.1 Å². The van der Waals surface area contributed by atoms with Crippen LogP contribution in [0.4, 0.5) is 18.9 Å². The standard InChI is InChI=1S/C24H25ClF3N5O2S/c1-4-33-21(20(14(2)3)30-22(35)17-10-5-6-11-18(17)25)31-32-23(33)36-13-19(34)29-16-9-7-8-15(12-16)24(26,27)28/h5-12,14,20H,4,13H2,1-3H3,(H,29,34)(H,30,35)/t20-/m0/s1. The maximum absolute atomic E-state index is 12.9. The van der Waals surface area contributed by atoms with E-state index in [0.717, 1.165) is 23.9 Å². The lowest BCUT2D eigenvalue weighted by Gasteiger charge is -2.22. The van der Waals surface area contributed by atoms with Crippen molar-refractivity contribution >= 4 is 40.9 Å². The summed E-state index contributed by atoms with van der Waals surface area (Å²) >= 11 is 7.26. The average Bonchev–Trinajstić information content (AvgIpc) is 3.23. The van der Waals surface area contributed by atoms with Crippen LogP contribution in [-0.4, -0.2) is 32.3 Å². The summed E-state index contributed by atoms with van der Waals surface area (Å²) in [6.45, 7) is 6.22. The molecule has 0 unspecified atom stereocenters. The molecule has 1 aromatic heterocycles. The molecule has 7 nitrogen and oxygen atoms in total. The molecule has 0 saturated heterocycles. The van der Waals surface area contributed by atoms with E-state index in [-0.39, 0.29) is 23.3 Å². The number of rotatable bonds is 9. The number of carbonyl (C=O) groups excluding carboxylic acids is 2. The first-order valence-corrected chi connectivity index (χ1v) is 12.5. The van der Waals surface area contributed by atoms with Gasteiger partial charge in [0, 0.05) is 12.2 Å². The monoisotopic (exact) mass is 539 g/mol. The van der Waals surface area contributed by atoms with Crippen molar-refractivity contribution < 1.29 is 22.8 Å². The van der Waals surface area contributed by atoms with Crippen molar-refractivity contribution in [2.24, 2.45) is 5.92 Å². The number of nitrogens with one attached hydrogen (secondary N) is 2. The summed E-state index contributed by atoms with van der Waals surface area (Å²) in [5, 5.41) is 14.7. The Kier molecular flexibility index (Phi) is 9.02. The molecule has 2 N–H and O–H groups in total. The van der Waals surface area contributed by atoms with Crippen LogP contribution in [0.1, 0.15) is 48.6 Å². The predicted molar refractivity (Wildman–Crippen MR) is 133 cm³/mol. The lowest BCUT2D eigenvalue weighted by Crippen LogP contribution is -2.34. The van der Waals surface area contributed by atoms with Gasteiger partial charge in [-0.15, -0.1) is 10.2 Å². The van der Waals surface area contributed by atoms with Crippen LogP contribution in [0.2, 0.25) is 5.02 Å². The Morgan fingerprint density at radius 2 is 1.83 bits per heavy atom. The van der Waals surface area contributed by atoms with Gasteiger partial charge >= 0.3 is 6.18 Å². The first kappa shape index (κ1) is 27.5. The van der Waals surface area contributed by atoms with Crippen molar-refractivity contribution in [1.82, 2.24) is 20.1 Å². The largest absolute Gasteiger partial charge is 0.416 e. The molecular weight excluding hydrogens is 515 g/mol. The number of hydrogen-bond acceptors (Lipinski definition) is 5. The molecule has 2 aromatic carbocycles. The van der Waals surface area contributed by atoms with Crippen LogP contribution in [0.15, 0.2) is 53.7 Å². The third-order valence-electron chi connectivity index (χ3n) is 5.22. The van der Waals surface area contributed by atoms with Crippen LogP contribution < -0.4 is 10.6 Å². The normalized spacial score (nSPS) is 12.4. The average molecular weight is 540 g/mol. The maximum Gasteiger partial charge on any atom is 0.416 e. The van der Waals surface area contributed by atoms with E-state index in [4.69, 9.17) is 11.6 Å². The summed E-state index contributed by atoms with van der Waals surface area (Å²) in [4.78, 5) is 25.2. The Morgan fingerprint density at radius 1 is 1.11 bits per heavy atom. The lowest BCUT2D eigenvalue weighted by atomic mass is 10.0. The second-order valence-electron chi connectivity index (χ2n) is 8.18. The molecule has 1 heterocycles. The quantitative estimate of drug-likeness (QED) is 0.334. The molecule has 0 aliphatic rings. The molecule has 3 rings (SSSR count). The summed E-state index contributed by atoms with van der Waals surface area (Å²) in [5.41, 5.74) is -0.453. The molecule has 2 amide bonds. The highest BCUT2D eigenvalue weighted by molar-refractivity contribution is 7.99. The van der Waals surface area contributed by atoms with Crippen LogP contribution in [0.3, 0.4) is 0 Å². The highest BCUT2D eigenvalue weighted by Gasteiger charge is 2.30. The van der Waals surface area contributed by atoms with Crippen molar-refractivity contribution in [1.29, 1.82) is 0 Å². The second-order valence-corrected chi connectivity index (χ2v) is 9.53. The molecule has 0 aliphatic carbocycles. The SMILES string of the molecule is CCn1c(SCC(=O)Nc2cccc(C(F)(F)F)c2)nnc1[C@@H](NC(=O)c1ccccc1Cl)C(C)C. The molecule has 36 heavy (non-hydrogen) atoms. The molecule has 0 bridgehead atoms. The Balaban J connectivity index is 1.71. The fourth-order valence-corrected chi connectivity index (χ4v) is 4.46. The first-order valence-electron chi connectivity index (χ1n) is 11.1. The minimum atomic E-state index is -4.50. The number of anilines is 1. The minimum Gasteiger partial charge on any atom is -0.342 e. The van der Waals surface area contributed by atoms with E-state index in [2.05, 4.69) is 20.8 Å². The number of nitrogens with zero attached hydrogens (tertiary/aromatic N) is 3. The number of halogens is 4. The number of carbonyl (C=O) groups is 2.